The van der Waals surface area contributed by atoms with Gasteiger partial charge < -0.3 is 10.2 Å². The van der Waals surface area contributed by atoms with Crippen LogP contribution >= 0.6 is 0 Å². The molecular weight excluding hydrogens is 176 g/mol. The van der Waals surface area contributed by atoms with Gasteiger partial charge in [0.1, 0.15) is 0 Å². The van der Waals surface area contributed by atoms with E-state index in [4.69, 9.17) is 10.2 Å². The van der Waals surface area contributed by atoms with Crippen LogP contribution < -0.4 is 0 Å². The average Bonchev–Trinajstić information content (AvgIpc) is 2.15. The maximum Gasteiger partial charge on any atom is 0.0614 e. The van der Waals surface area contributed by atoms with Gasteiger partial charge in [-0.05, 0) is 38.5 Å². The summed E-state index contributed by atoms with van der Waals surface area (Å²) in [5.41, 5.74) is -0.417. The lowest BCUT2D eigenvalue weighted by molar-refractivity contribution is 0.0521. The van der Waals surface area contributed by atoms with Gasteiger partial charge in [-0.2, -0.15) is 0 Å². The van der Waals surface area contributed by atoms with Crippen molar-refractivity contribution in [3.8, 4) is 0 Å². The van der Waals surface area contributed by atoms with Crippen molar-refractivity contribution in [2.45, 2.75) is 65.9 Å². The highest BCUT2D eigenvalue weighted by atomic mass is 16.3. The third-order valence-electron chi connectivity index (χ3n) is 2.46. The maximum atomic E-state index is 9.13. The first-order valence-corrected chi connectivity index (χ1v) is 5.72. The first kappa shape index (κ1) is 16.4. The fourth-order valence-corrected chi connectivity index (χ4v) is 0.750. The second-order valence-electron chi connectivity index (χ2n) is 4.46. The smallest absolute Gasteiger partial charge is 0.0614 e. The zero-order valence-corrected chi connectivity index (χ0v) is 10.5. The summed E-state index contributed by atoms with van der Waals surface area (Å²) in [6, 6.07) is 0. The monoisotopic (exact) mass is 204 g/mol. The summed E-state index contributed by atoms with van der Waals surface area (Å²) in [5, 5.41) is 17.4. The van der Waals surface area contributed by atoms with E-state index >= 15 is 0 Å². The van der Waals surface area contributed by atoms with Crippen molar-refractivity contribution >= 4 is 0 Å². The summed E-state index contributed by atoms with van der Waals surface area (Å²) in [4.78, 5) is 0. The summed E-state index contributed by atoms with van der Waals surface area (Å²) in [6.45, 7) is 10.5. The van der Waals surface area contributed by atoms with Crippen LogP contribution in [-0.4, -0.2) is 22.4 Å². The molecule has 0 bridgehead atoms. The Morgan fingerprint density at radius 2 is 1.57 bits per heavy atom. The Bertz CT molecular complexity index is 103. The van der Waals surface area contributed by atoms with Crippen LogP contribution in [0.15, 0.2) is 0 Å². The minimum atomic E-state index is -0.417. The van der Waals surface area contributed by atoms with Crippen molar-refractivity contribution in [3.05, 3.63) is 0 Å². The number of rotatable bonds is 5. The Balaban J connectivity index is 0. The molecule has 0 heterocycles. The van der Waals surface area contributed by atoms with Gasteiger partial charge >= 0.3 is 0 Å². The van der Waals surface area contributed by atoms with Gasteiger partial charge in [0.15, 0.2) is 0 Å². The summed E-state index contributed by atoms with van der Waals surface area (Å²) in [7, 11) is 0. The molecule has 88 valence electrons. The van der Waals surface area contributed by atoms with Crippen LogP contribution in [0.3, 0.4) is 0 Å². The van der Waals surface area contributed by atoms with Crippen LogP contribution in [0.1, 0.15) is 60.3 Å². The van der Waals surface area contributed by atoms with Gasteiger partial charge in [0, 0.05) is 6.61 Å². The Morgan fingerprint density at radius 3 is 1.64 bits per heavy atom. The largest absolute Gasteiger partial charge is 0.396 e. The van der Waals surface area contributed by atoms with Crippen molar-refractivity contribution in [1.29, 1.82) is 0 Å². The minimum Gasteiger partial charge on any atom is -0.396 e. The van der Waals surface area contributed by atoms with E-state index in [0.29, 0.717) is 6.61 Å². The zero-order valence-electron chi connectivity index (χ0n) is 10.5. The normalized spacial score (nSPS) is 11.1. The second kappa shape index (κ2) is 9.47. The molecule has 0 radical (unpaired) electrons. The highest BCUT2D eigenvalue weighted by Crippen LogP contribution is 2.11. The van der Waals surface area contributed by atoms with Crippen molar-refractivity contribution in [1.82, 2.24) is 0 Å². The lowest BCUT2D eigenvalue weighted by atomic mass is 10.0. The van der Waals surface area contributed by atoms with Crippen LogP contribution in [0.2, 0.25) is 0 Å². The van der Waals surface area contributed by atoms with Gasteiger partial charge in [-0.25, -0.2) is 0 Å². The molecule has 0 aliphatic heterocycles. The van der Waals surface area contributed by atoms with E-state index in [9.17, 15) is 0 Å². The molecule has 2 N–H and O–H groups in total. The molecule has 0 atom stereocenters. The van der Waals surface area contributed by atoms with Crippen molar-refractivity contribution in [3.63, 3.8) is 0 Å². The molecule has 0 aliphatic rings. The molecule has 0 unspecified atom stereocenters. The van der Waals surface area contributed by atoms with Crippen molar-refractivity contribution in [2.24, 2.45) is 5.92 Å². The maximum absolute atomic E-state index is 9.13. The zero-order chi connectivity index (χ0) is 11.6. The number of aliphatic hydroxyl groups excluding tert-OH is 1. The molecule has 0 saturated carbocycles. The summed E-state index contributed by atoms with van der Waals surface area (Å²) in [5.74, 6) is 0.743. The Labute approximate surface area is 89.3 Å². The van der Waals surface area contributed by atoms with Crippen LogP contribution in [0, 0.1) is 5.92 Å². The molecule has 0 aromatic heterocycles. The van der Waals surface area contributed by atoms with Gasteiger partial charge in [-0.15, -0.1) is 0 Å². The molecule has 2 nitrogen and oxygen atoms in total. The predicted octanol–water partition coefficient (Wildman–Crippen LogP) is 2.97. The van der Waals surface area contributed by atoms with E-state index in [1.807, 2.05) is 20.8 Å². The third-order valence-corrected chi connectivity index (χ3v) is 2.46. The quantitative estimate of drug-likeness (QED) is 0.723. The van der Waals surface area contributed by atoms with E-state index in [-0.39, 0.29) is 0 Å². The van der Waals surface area contributed by atoms with E-state index < -0.39 is 5.60 Å². The van der Waals surface area contributed by atoms with Gasteiger partial charge in [0.05, 0.1) is 5.60 Å². The molecule has 0 saturated heterocycles. The molecule has 0 fully saturated rings. The van der Waals surface area contributed by atoms with E-state index in [2.05, 4.69) is 13.8 Å². The topological polar surface area (TPSA) is 40.5 Å². The summed E-state index contributed by atoms with van der Waals surface area (Å²) in [6.07, 6.45) is 3.81. The predicted molar refractivity (Wildman–Crippen MR) is 62.4 cm³/mol. The summed E-state index contributed by atoms with van der Waals surface area (Å²) < 4.78 is 0. The highest BCUT2D eigenvalue weighted by Gasteiger charge is 2.12. The highest BCUT2D eigenvalue weighted by molar-refractivity contribution is 4.65. The van der Waals surface area contributed by atoms with E-state index in [1.165, 1.54) is 0 Å². The van der Waals surface area contributed by atoms with Gasteiger partial charge in [0.25, 0.3) is 0 Å². The first-order valence-electron chi connectivity index (χ1n) is 5.72. The summed E-state index contributed by atoms with van der Waals surface area (Å²) >= 11 is 0. The number of hydrogen-bond donors (Lipinski definition) is 2. The molecule has 0 aromatic rings. The van der Waals surface area contributed by atoms with Crippen molar-refractivity contribution in [2.75, 3.05) is 6.61 Å². The number of aliphatic hydroxyl groups is 2. The molecular formula is C12H28O2. The van der Waals surface area contributed by atoms with Crippen LogP contribution in [0.4, 0.5) is 0 Å². The third kappa shape index (κ3) is 14.4. The Kier molecular flexibility index (Phi) is 11.1. The minimum absolute atomic E-state index is 0.345. The Hall–Kier alpha value is -0.0800. The van der Waals surface area contributed by atoms with Gasteiger partial charge in [0.2, 0.25) is 0 Å². The molecule has 0 rings (SSSR count). The van der Waals surface area contributed by atoms with Gasteiger partial charge in [-0.3, -0.25) is 0 Å². The second-order valence-corrected chi connectivity index (χ2v) is 4.46. The molecule has 0 amide bonds. The molecule has 0 aromatic carbocycles. The van der Waals surface area contributed by atoms with Crippen LogP contribution in [0.5, 0.6) is 0 Å². The first-order chi connectivity index (χ1) is 6.39. The molecule has 14 heavy (non-hydrogen) atoms. The standard InChI is InChI=1S/2C6H14O/c1-6(2)4-3-5-7;1-4-6(3,7)5-2/h6-7H,3-5H2,1-2H3;7H,4-5H2,1-3H3. The Morgan fingerprint density at radius 1 is 1.14 bits per heavy atom. The SMILES string of the molecule is CC(C)CCCO.CCC(C)(O)CC. The van der Waals surface area contributed by atoms with Gasteiger partial charge in [-0.1, -0.05) is 27.7 Å². The molecule has 0 spiro atoms. The lowest BCUT2D eigenvalue weighted by Crippen LogP contribution is -2.20. The van der Waals surface area contributed by atoms with E-state index in [1.54, 1.807) is 0 Å². The molecule has 2 heteroatoms. The van der Waals surface area contributed by atoms with Crippen LogP contribution in [0.25, 0.3) is 0 Å². The van der Waals surface area contributed by atoms with Crippen LogP contribution in [-0.2, 0) is 0 Å². The lowest BCUT2D eigenvalue weighted by Gasteiger charge is -2.17. The fraction of sp³-hybridized carbons (Fsp3) is 1.00. The molecule has 0 aliphatic carbocycles. The van der Waals surface area contributed by atoms with Crippen molar-refractivity contribution < 1.29 is 10.2 Å². The fourth-order valence-electron chi connectivity index (χ4n) is 0.750. The number of hydrogen-bond acceptors (Lipinski definition) is 2. The van der Waals surface area contributed by atoms with E-state index in [0.717, 1.165) is 31.6 Å². The average molecular weight is 204 g/mol.